The molecule has 0 bridgehead atoms. The van der Waals surface area contributed by atoms with E-state index in [1.54, 1.807) is 26.8 Å². The summed E-state index contributed by atoms with van der Waals surface area (Å²) < 4.78 is 5.16. The lowest BCUT2D eigenvalue weighted by Gasteiger charge is -2.20. The number of alkyl carbamates (subject to hydrolysis) is 1. The van der Waals surface area contributed by atoms with Crippen LogP contribution in [0.4, 0.5) is 4.79 Å². The van der Waals surface area contributed by atoms with Gasteiger partial charge in [-0.15, -0.1) is 0 Å². The van der Waals surface area contributed by atoms with Crippen molar-refractivity contribution in [2.24, 2.45) is 0 Å². The van der Waals surface area contributed by atoms with E-state index in [1.807, 2.05) is 0 Å². The van der Waals surface area contributed by atoms with Crippen LogP contribution >= 0.6 is 0 Å². The van der Waals surface area contributed by atoms with E-state index in [-0.39, 0.29) is 29.1 Å². The number of amides is 1. The van der Waals surface area contributed by atoms with Crippen LogP contribution in [-0.2, 0) is 11.2 Å². The van der Waals surface area contributed by atoms with Crippen molar-refractivity contribution in [2.75, 3.05) is 6.54 Å². The topological polar surface area (TPSA) is 118 Å². The number of rotatable bonds is 3. The molecule has 2 aromatic rings. The molecule has 0 aromatic carbocycles. The molecule has 1 aliphatic carbocycles. The Morgan fingerprint density at radius 2 is 1.89 bits per heavy atom. The van der Waals surface area contributed by atoms with Crippen molar-refractivity contribution in [3.8, 4) is 0 Å². The minimum Gasteiger partial charge on any atom is -0.444 e. The van der Waals surface area contributed by atoms with Crippen molar-refractivity contribution in [1.29, 1.82) is 0 Å². The van der Waals surface area contributed by atoms with Gasteiger partial charge in [0.2, 0.25) is 17.1 Å². The third kappa shape index (κ3) is 3.79. The van der Waals surface area contributed by atoms with Gasteiger partial charge in [0.05, 0.1) is 11.1 Å². The predicted octanol–water partition coefficient (Wildman–Crippen LogP) is 1.61. The van der Waals surface area contributed by atoms with Crippen LogP contribution in [-0.4, -0.2) is 39.8 Å². The van der Waals surface area contributed by atoms with Crippen molar-refractivity contribution >= 4 is 17.7 Å². The molecule has 140 valence electrons. The van der Waals surface area contributed by atoms with Gasteiger partial charge in [0, 0.05) is 18.8 Å². The van der Waals surface area contributed by atoms with Crippen molar-refractivity contribution in [2.45, 2.75) is 32.8 Å². The van der Waals surface area contributed by atoms with E-state index < -0.39 is 28.8 Å². The van der Waals surface area contributed by atoms with Gasteiger partial charge in [-0.1, -0.05) is 0 Å². The summed E-state index contributed by atoms with van der Waals surface area (Å²) in [6.07, 6.45) is 1.18. The summed E-state index contributed by atoms with van der Waals surface area (Å²) in [5.74, 6) is -0.879. The number of aromatic amines is 1. The maximum absolute atomic E-state index is 12.8. The number of carbonyl (C=O) groups excluding carboxylic acids is 3. The van der Waals surface area contributed by atoms with Crippen molar-refractivity contribution in [3.63, 3.8) is 0 Å². The summed E-state index contributed by atoms with van der Waals surface area (Å²) >= 11 is 0. The zero-order valence-corrected chi connectivity index (χ0v) is 15.2. The van der Waals surface area contributed by atoms with E-state index in [0.717, 1.165) is 0 Å². The predicted molar refractivity (Wildman–Crippen MR) is 96.1 cm³/mol. The molecule has 2 N–H and O–H groups in total. The number of H-pyrrole nitrogens is 1. The Kier molecular flexibility index (Phi) is 4.65. The summed E-state index contributed by atoms with van der Waals surface area (Å²) in [6.45, 7) is 5.49. The van der Waals surface area contributed by atoms with Gasteiger partial charge in [0.25, 0.3) is 0 Å². The molecule has 0 saturated carbocycles. The van der Waals surface area contributed by atoms with Crippen LogP contribution in [0.15, 0.2) is 29.2 Å². The van der Waals surface area contributed by atoms with Crippen molar-refractivity contribution in [1.82, 2.24) is 15.3 Å². The van der Waals surface area contributed by atoms with Gasteiger partial charge in [-0.25, -0.2) is 4.79 Å². The largest absolute Gasteiger partial charge is 0.444 e. The Balaban J connectivity index is 1.84. The lowest BCUT2D eigenvalue weighted by molar-refractivity contribution is 0.0528. The molecule has 8 heteroatoms. The summed E-state index contributed by atoms with van der Waals surface area (Å²) in [5.41, 5.74) is -0.215. The first-order chi connectivity index (χ1) is 12.7. The highest BCUT2D eigenvalue weighted by Crippen LogP contribution is 2.26. The van der Waals surface area contributed by atoms with Crippen LogP contribution in [0, 0.1) is 0 Å². The number of nitrogens with zero attached hydrogens (tertiary/aromatic N) is 1. The Labute approximate surface area is 155 Å². The van der Waals surface area contributed by atoms with E-state index in [4.69, 9.17) is 4.74 Å². The monoisotopic (exact) mass is 369 g/mol. The fraction of sp³-hybridized carbons (Fsp3) is 0.316. The molecule has 8 nitrogen and oxygen atoms in total. The standard InChI is InChI=1S/C19H19N3O5/c1-19(2,3)27-18(26)21-9-7-10-6-8-20-15-13(10)17(25)14-11(16(15)24)4-5-12(23)22-14/h4-6,8H,7,9H2,1-3H3,(H,21,26)(H,22,23). The fourth-order valence-corrected chi connectivity index (χ4v) is 2.84. The molecule has 0 aliphatic heterocycles. The molecular formula is C19H19N3O5. The second-order valence-electron chi connectivity index (χ2n) is 7.14. The first-order valence-electron chi connectivity index (χ1n) is 8.45. The minimum absolute atomic E-state index is 0.0330. The van der Waals surface area contributed by atoms with Gasteiger partial charge in [-0.2, -0.15) is 0 Å². The summed E-state index contributed by atoms with van der Waals surface area (Å²) in [7, 11) is 0. The van der Waals surface area contributed by atoms with Crippen LogP contribution < -0.4 is 10.9 Å². The normalized spacial score (nSPS) is 13.0. The van der Waals surface area contributed by atoms with Crippen LogP contribution in [0.25, 0.3) is 0 Å². The van der Waals surface area contributed by atoms with E-state index in [0.29, 0.717) is 12.0 Å². The quantitative estimate of drug-likeness (QED) is 0.724. The minimum atomic E-state index is -0.613. The maximum Gasteiger partial charge on any atom is 0.407 e. The number of carbonyl (C=O) groups is 3. The molecule has 3 rings (SSSR count). The Morgan fingerprint density at radius 3 is 2.59 bits per heavy atom. The number of pyridine rings is 2. The van der Waals surface area contributed by atoms with Crippen LogP contribution in [0.5, 0.6) is 0 Å². The Bertz CT molecular complexity index is 1000. The lowest BCUT2D eigenvalue weighted by Crippen LogP contribution is -2.34. The fourth-order valence-electron chi connectivity index (χ4n) is 2.84. The highest BCUT2D eigenvalue weighted by atomic mass is 16.6. The zero-order valence-electron chi connectivity index (χ0n) is 15.2. The average Bonchev–Trinajstić information content (AvgIpc) is 2.58. The molecule has 1 amide bonds. The van der Waals surface area contributed by atoms with E-state index in [2.05, 4.69) is 15.3 Å². The number of hydrogen-bond donors (Lipinski definition) is 2. The van der Waals surface area contributed by atoms with Crippen LogP contribution in [0.2, 0.25) is 0 Å². The third-order valence-electron chi connectivity index (χ3n) is 3.93. The molecule has 0 fully saturated rings. The number of ketones is 2. The molecule has 0 radical (unpaired) electrons. The number of hydrogen-bond acceptors (Lipinski definition) is 6. The smallest absolute Gasteiger partial charge is 0.407 e. The van der Waals surface area contributed by atoms with Gasteiger partial charge in [0.15, 0.2) is 0 Å². The first-order valence-corrected chi connectivity index (χ1v) is 8.45. The van der Waals surface area contributed by atoms with Gasteiger partial charge < -0.3 is 15.0 Å². The third-order valence-corrected chi connectivity index (χ3v) is 3.93. The zero-order chi connectivity index (χ0) is 19.8. The molecule has 27 heavy (non-hydrogen) atoms. The molecule has 0 atom stereocenters. The average molecular weight is 369 g/mol. The second-order valence-corrected chi connectivity index (χ2v) is 7.14. The number of nitrogens with one attached hydrogen (secondary N) is 2. The molecule has 0 unspecified atom stereocenters. The van der Waals surface area contributed by atoms with Crippen LogP contribution in [0.1, 0.15) is 58.4 Å². The SMILES string of the molecule is CC(C)(C)OC(=O)NCCc1ccnc2c1C(=O)c1[nH]c(=O)ccc1C2=O. The molecule has 2 aromatic heterocycles. The van der Waals surface area contributed by atoms with E-state index in [9.17, 15) is 19.2 Å². The van der Waals surface area contributed by atoms with E-state index >= 15 is 0 Å². The first kappa shape index (κ1) is 18.5. The lowest BCUT2D eigenvalue weighted by atomic mass is 9.87. The number of aromatic nitrogens is 2. The summed E-state index contributed by atoms with van der Waals surface area (Å²) in [5, 5.41) is 2.61. The molecular weight excluding hydrogens is 350 g/mol. The molecule has 0 saturated heterocycles. The number of ether oxygens (including phenoxy) is 1. The van der Waals surface area contributed by atoms with Gasteiger partial charge in [-0.05, 0) is 44.9 Å². The maximum atomic E-state index is 12.8. The van der Waals surface area contributed by atoms with Crippen molar-refractivity contribution in [3.05, 3.63) is 62.8 Å². The van der Waals surface area contributed by atoms with Gasteiger partial charge in [0.1, 0.15) is 17.0 Å². The highest BCUT2D eigenvalue weighted by molar-refractivity contribution is 6.27. The summed E-state index contributed by atoms with van der Waals surface area (Å²) in [6, 6.07) is 4.15. The van der Waals surface area contributed by atoms with Crippen molar-refractivity contribution < 1.29 is 19.1 Å². The number of fused-ring (bicyclic) bond motifs is 2. The second kappa shape index (κ2) is 6.79. The highest BCUT2D eigenvalue weighted by Gasteiger charge is 2.33. The van der Waals surface area contributed by atoms with E-state index in [1.165, 1.54) is 18.3 Å². The summed E-state index contributed by atoms with van der Waals surface area (Å²) in [4.78, 5) is 55.3. The molecule has 0 spiro atoms. The van der Waals surface area contributed by atoms with Gasteiger partial charge in [-0.3, -0.25) is 19.4 Å². The van der Waals surface area contributed by atoms with Crippen LogP contribution in [0.3, 0.4) is 0 Å². The molecule has 2 heterocycles. The van der Waals surface area contributed by atoms with Gasteiger partial charge >= 0.3 is 6.09 Å². The molecule has 1 aliphatic rings. The Hall–Kier alpha value is -3.29. The Morgan fingerprint density at radius 1 is 1.15 bits per heavy atom.